The summed E-state index contributed by atoms with van der Waals surface area (Å²) in [5, 5.41) is 17.9. The molecule has 3 N–H and O–H groups in total. The summed E-state index contributed by atoms with van der Waals surface area (Å²) in [6, 6.07) is 11.8. The molecule has 1 heterocycles. The Labute approximate surface area is 231 Å². The predicted molar refractivity (Wildman–Crippen MR) is 158 cm³/mol. The fraction of sp³-hybridized carbons (Fsp3) is 0.438. The van der Waals surface area contributed by atoms with Crippen molar-refractivity contribution in [2.24, 2.45) is 0 Å². The Morgan fingerprint density at radius 1 is 0.949 bits per heavy atom. The molecule has 0 unspecified atom stereocenters. The number of carbonyl (C=O) groups is 1. The van der Waals surface area contributed by atoms with Crippen molar-refractivity contribution < 1.29 is 19.4 Å². The van der Waals surface area contributed by atoms with Gasteiger partial charge in [-0.1, -0.05) is 43.9 Å². The van der Waals surface area contributed by atoms with Crippen molar-refractivity contribution in [1.82, 2.24) is 10.3 Å². The fourth-order valence-corrected chi connectivity index (χ4v) is 5.20. The smallest absolute Gasteiger partial charge is 0.243 e. The third-order valence-electron chi connectivity index (χ3n) is 7.30. The van der Waals surface area contributed by atoms with Crippen LogP contribution in [-0.2, 0) is 17.6 Å². The normalized spacial score (nSPS) is 12.9. The first-order valence-electron chi connectivity index (χ1n) is 14.2. The topological polar surface area (TPSA) is 92.7 Å². The summed E-state index contributed by atoms with van der Waals surface area (Å²) in [7, 11) is 2.95. The van der Waals surface area contributed by atoms with Crippen molar-refractivity contribution in [1.29, 1.82) is 0 Å². The zero-order valence-electron chi connectivity index (χ0n) is 23.2. The average Bonchev–Trinajstić information content (AvgIpc) is 2.96. The van der Waals surface area contributed by atoms with Crippen LogP contribution in [0.25, 0.3) is 17.0 Å². The highest BCUT2D eigenvalue weighted by Gasteiger charge is 2.17. The minimum absolute atomic E-state index is 0.0567. The maximum absolute atomic E-state index is 12.2. The summed E-state index contributed by atoms with van der Waals surface area (Å²) in [5.41, 5.74) is 5.83. The molecule has 0 saturated carbocycles. The van der Waals surface area contributed by atoms with Gasteiger partial charge in [-0.15, -0.1) is 0 Å². The zero-order valence-corrected chi connectivity index (χ0v) is 23.2. The fourth-order valence-electron chi connectivity index (χ4n) is 5.20. The Kier molecular flexibility index (Phi) is 10.5. The molecule has 39 heavy (non-hydrogen) atoms. The number of amides is 1. The molecule has 0 atom stereocenters. The summed E-state index contributed by atoms with van der Waals surface area (Å²) in [5.74, 6) is 0.404. The first kappa shape index (κ1) is 28.3. The van der Waals surface area contributed by atoms with Gasteiger partial charge in [0.25, 0.3) is 0 Å². The van der Waals surface area contributed by atoms with Gasteiger partial charge in [0.2, 0.25) is 11.7 Å². The third kappa shape index (κ3) is 7.65. The van der Waals surface area contributed by atoms with Gasteiger partial charge in [0, 0.05) is 35.9 Å². The molecule has 4 rings (SSSR count). The van der Waals surface area contributed by atoms with Crippen molar-refractivity contribution in [3.8, 4) is 17.2 Å². The van der Waals surface area contributed by atoms with Gasteiger partial charge in [-0.25, -0.2) is 0 Å². The first-order chi connectivity index (χ1) is 19.1. The van der Waals surface area contributed by atoms with Crippen LogP contribution in [0, 0.1) is 0 Å². The van der Waals surface area contributed by atoms with Gasteiger partial charge >= 0.3 is 0 Å². The van der Waals surface area contributed by atoms with E-state index >= 15 is 0 Å². The van der Waals surface area contributed by atoms with Gasteiger partial charge in [-0.05, 0) is 73.9 Å². The molecule has 2 aromatic carbocycles. The number of nitrogens with one attached hydrogen (secondary N) is 2. The number of benzene rings is 2. The Morgan fingerprint density at radius 3 is 2.36 bits per heavy atom. The molecule has 1 aliphatic rings. The van der Waals surface area contributed by atoms with Crippen LogP contribution in [0.2, 0.25) is 0 Å². The number of fused-ring (bicyclic) bond motifs is 2. The van der Waals surface area contributed by atoms with Crippen molar-refractivity contribution in [3.05, 3.63) is 59.3 Å². The number of unbranched alkanes of at least 4 members (excludes halogenated alkanes) is 5. The lowest BCUT2D eigenvalue weighted by molar-refractivity contribution is -0.116. The molecule has 0 radical (unpaired) electrons. The van der Waals surface area contributed by atoms with E-state index in [0.29, 0.717) is 23.6 Å². The molecule has 3 aromatic rings. The van der Waals surface area contributed by atoms with Gasteiger partial charge < -0.3 is 25.2 Å². The quantitative estimate of drug-likeness (QED) is 0.164. The van der Waals surface area contributed by atoms with Crippen LogP contribution in [0.3, 0.4) is 0 Å². The third-order valence-corrected chi connectivity index (χ3v) is 7.30. The molecule has 0 spiro atoms. The number of carbonyl (C=O) groups excluding carboxylic acids is 1. The number of ether oxygens (including phenoxy) is 2. The van der Waals surface area contributed by atoms with E-state index in [1.54, 1.807) is 18.2 Å². The summed E-state index contributed by atoms with van der Waals surface area (Å²) in [4.78, 5) is 17.1. The Morgan fingerprint density at radius 2 is 1.62 bits per heavy atom. The van der Waals surface area contributed by atoms with E-state index in [1.165, 1.54) is 74.7 Å². The van der Waals surface area contributed by atoms with Crippen LogP contribution in [0.15, 0.2) is 42.5 Å². The lowest BCUT2D eigenvalue weighted by atomic mass is 9.92. The lowest BCUT2D eigenvalue weighted by Crippen LogP contribution is -2.21. The van der Waals surface area contributed by atoms with Crippen molar-refractivity contribution in [2.75, 3.05) is 32.6 Å². The number of nitrogens with zero attached hydrogens (tertiary/aromatic N) is 1. The lowest BCUT2D eigenvalue weighted by Gasteiger charge is -2.21. The minimum atomic E-state index is -0.141. The van der Waals surface area contributed by atoms with Crippen LogP contribution in [0.1, 0.15) is 68.2 Å². The van der Waals surface area contributed by atoms with Gasteiger partial charge in [-0.3, -0.25) is 9.78 Å². The molecule has 7 nitrogen and oxygen atoms in total. The second-order valence-corrected chi connectivity index (χ2v) is 10.1. The second-order valence-electron chi connectivity index (χ2n) is 10.1. The molecular weight excluding hydrogens is 490 g/mol. The SMILES string of the molecule is COc1cc(/C=C/C(=O)NCCCCCCCCNc2c3c(nc4ccccc24)CCCC3)cc(OC)c1O. The highest BCUT2D eigenvalue weighted by atomic mass is 16.5. The molecular formula is C32H41N3O4. The molecule has 7 heteroatoms. The molecule has 0 saturated heterocycles. The number of hydrogen-bond acceptors (Lipinski definition) is 6. The number of anilines is 1. The number of aromatic nitrogens is 1. The van der Waals surface area contributed by atoms with E-state index in [4.69, 9.17) is 14.5 Å². The summed E-state index contributed by atoms with van der Waals surface area (Å²) < 4.78 is 10.3. The number of methoxy groups -OCH3 is 2. The molecule has 0 bridgehead atoms. The molecule has 1 aliphatic carbocycles. The average molecular weight is 532 g/mol. The predicted octanol–water partition coefficient (Wildman–Crippen LogP) is 6.42. The Balaban J connectivity index is 1.11. The Bertz CT molecular complexity index is 1260. The molecule has 0 fully saturated rings. The van der Waals surface area contributed by atoms with E-state index in [0.717, 1.165) is 44.2 Å². The molecule has 0 aliphatic heterocycles. The van der Waals surface area contributed by atoms with Gasteiger partial charge in [0.15, 0.2) is 11.5 Å². The number of rotatable bonds is 14. The van der Waals surface area contributed by atoms with Crippen molar-refractivity contribution >= 4 is 28.6 Å². The maximum Gasteiger partial charge on any atom is 0.243 e. The van der Waals surface area contributed by atoms with E-state index < -0.39 is 0 Å². The highest BCUT2D eigenvalue weighted by Crippen LogP contribution is 2.37. The van der Waals surface area contributed by atoms with Gasteiger partial charge in [0.1, 0.15) is 0 Å². The standard InChI is InChI=1S/C32H41N3O4/c1-38-28-21-23(22-29(39-2)32(28)37)17-18-30(36)33-19-11-5-3-4-6-12-20-34-31-24-13-7-9-15-26(24)35-27-16-10-8-14-25(27)31/h7,9,13,15,17-18,21-22,37H,3-6,8,10-12,14,16,19-20H2,1-2H3,(H,33,36)(H,34,35)/b18-17+. The zero-order chi connectivity index (χ0) is 27.5. The van der Waals surface area contributed by atoms with E-state index in [2.05, 4.69) is 34.9 Å². The Hall–Kier alpha value is -3.74. The number of para-hydroxylation sites is 1. The van der Waals surface area contributed by atoms with Crippen molar-refractivity contribution in [2.45, 2.75) is 64.2 Å². The first-order valence-corrected chi connectivity index (χ1v) is 14.2. The van der Waals surface area contributed by atoms with Crippen LogP contribution >= 0.6 is 0 Å². The van der Waals surface area contributed by atoms with Gasteiger partial charge in [0.05, 0.1) is 19.7 Å². The second kappa shape index (κ2) is 14.4. The number of aryl methyl sites for hydroxylation is 1. The van der Waals surface area contributed by atoms with Crippen LogP contribution < -0.4 is 20.1 Å². The number of hydrogen-bond donors (Lipinski definition) is 3. The summed E-state index contributed by atoms with van der Waals surface area (Å²) >= 11 is 0. The van der Waals surface area contributed by atoms with E-state index in [9.17, 15) is 9.90 Å². The highest BCUT2D eigenvalue weighted by molar-refractivity contribution is 5.93. The van der Waals surface area contributed by atoms with Crippen LogP contribution in [0.5, 0.6) is 17.2 Å². The molecule has 208 valence electrons. The summed E-state index contributed by atoms with van der Waals surface area (Å²) in [6.07, 6.45) is 14.7. The van der Waals surface area contributed by atoms with Crippen LogP contribution in [-0.4, -0.2) is 43.3 Å². The minimum Gasteiger partial charge on any atom is -0.502 e. The van der Waals surface area contributed by atoms with Crippen LogP contribution in [0.4, 0.5) is 5.69 Å². The largest absolute Gasteiger partial charge is 0.502 e. The summed E-state index contributed by atoms with van der Waals surface area (Å²) in [6.45, 7) is 1.65. The number of aromatic hydroxyl groups is 1. The van der Waals surface area contributed by atoms with E-state index in [1.807, 2.05) is 0 Å². The van der Waals surface area contributed by atoms with Crippen molar-refractivity contribution in [3.63, 3.8) is 0 Å². The van der Waals surface area contributed by atoms with E-state index in [-0.39, 0.29) is 11.7 Å². The molecule has 1 amide bonds. The maximum atomic E-state index is 12.2. The monoisotopic (exact) mass is 531 g/mol. The molecule has 1 aromatic heterocycles. The number of phenols is 1. The number of pyridine rings is 1. The van der Waals surface area contributed by atoms with Gasteiger partial charge in [-0.2, -0.15) is 0 Å². The number of phenolic OH excluding ortho intramolecular Hbond substituents is 1.